The van der Waals surface area contributed by atoms with Gasteiger partial charge in [0.15, 0.2) is 0 Å². The van der Waals surface area contributed by atoms with Crippen LogP contribution in [-0.4, -0.2) is 22.7 Å². The lowest BCUT2D eigenvalue weighted by Crippen LogP contribution is -2.07. The number of hydrogen-bond acceptors (Lipinski definition) is 3. The number of imidazole rings is 1. The van der Waals surface area contributed by atoms with Gasteiger partial charge in [-0.15, -0.1) is 0 Å². The predicted molar refractivity (Wildman–Crippen MR) is 77.1 cm³/mol. The van der Waals surface area contributed by atoms with Gasteiger partial charge < -0.3 is 15.0 Å². The molecule has 2 rings (SSSR count). The quantitative estimate of drug-likeness (QED) is 0.867. The van der Waals surface area contributed by atoms with Crippen LogP contribution in [0.3, 0.4) is 0 Å². The van der Waals surface area contributed by atoms with Crippen molar-refractivity contribution < 1.29 is 4.74 Å². The van der Waals surface area contributed by atoms with Crippen molar-refractivity contribution in [2.75, 3.05) is 13.2 Å². The molecule has 19 heavy (non-hydrogen) atoms. The average Bonchev–Trinajstić information content (AvgIpc) is 2.86. The van der Waals surface area contributed by atoms with Crippen LogP contribution in [0.2, 0.25) is 0 Å². The highest BCUT2D eigenvalue weighted by atomic mass is 16.5. The van der Waals surface area contributed by atoms with E-state index < -0.39 is 0 Å². The van der Waals surface area contributed by atoms with Gasteiger partial charge in [-0.25, -0.2) is 4.98 Å². The molecule has 0 amide bonds. The molecule has 1 aromatic carbocycles. The highest BCUT2D eigenvalue weighted by Crippen LogP contribution is 2.21. The first-order chi connectivity index (χ1) is 9.19. The van der Waals surface area contributed by atoms with Crippen molar-refractivity contribution in [2.45, 2.75) is 20.4 Å². The van der Waals surface area contributed by atoms with Gasteiger partial charge in [-0.1, -0.05) is 13.8 Å². The molecule has 4 nitrogen and oxygen atoms in total. The fourth-order valence-corrected chi connectivity index (χ4v) is 1.77. The smallest absolute Gasteiger partial charge is 0.119 e. The molecule has 1 aromatic heterocycles. The highest BCUT2D eigenvalue weighted by molar-refractivity contribution is 5.59. The lowest BCUT2D eigenvalue weighted by atomic mass is 10.1. The van der Waals surface area contributed by atoms with Gasteiger partial charge in [-0.05, 0) is 30.2 Å². The number of nitrogens with two attached hydrogens (primary N) is 1. The monoisotopic (exact) mass is 259 g/mol. The van der Waals surface area contributed by atoms with Gasteiger partial charge in [0.05, 0.1) is 18.6 Å². The molecule has 0 fully saturated rings. The second kappa shape index (κ2) is 6.38. The third-order valence-electron chi connectivity index (χ3n) is 2.75. The van der Waals surface area contributed by atoms with Gasteiger partial charge in [0.1, 0.15) is 5.75 Å². The van der Waals surface area contributed by atoms with E-state index in [1.807, 2.05) is 41.4 Å². The predicted octanol–water partition coefficient (Wildman–Crippen LogP) is 2.54. The molecule has 0 atom stereocenters. The van der Waals surface area contributed by atoms with E-state index in [-0.39, 0.29) is 0 Å². The van der Waals surface area contributed by atoms with E-state index in [4.69, 9.17) is 10.5 Å². The van der Waals surface area contributed by atoms with Crippen LogP contribution in [-0.2, 0) is 6.54 Å². The van der Waals surface area contributed by atoms with Crippen LogP contribution >= 0.6 is 0 Å². The number of aromatic nitrogens is 2. The van der Waals surface area contributed by atoms with Gasteiger partial charge in [-0.2, -0.15) is 0 Å². The number of nitrogens with zero attached hydrogens (tertiary/aromatic N) is 2. The summed E-state index contributed by atoms with van der Waals surface area (Å²) in [5.41, 5.74) is 7.57. The van der Waals surface area contributed by atoms with E-state index in [0.717, 1.165) is 30.2 Å². The molecule has 0 saturated heterocycles. The van der Waals surface area contributed by atoms with Crippen molar-refractivity contribution in [3.63, 3.8) is 0 Å². The van der Waals surface area contributed by atoms with Crippen LogP contribution < -0.4 is 10.5 Å². The Hall–Kier alpha value is -1.81. The molecule has 102 valence electrons. The summed E-state index contributed by atoms with van der Waals surface area (Å²) in [4.78, 5) is 4.38. The molecule has 2 N–H and O–H groups in total. The molecule has 0 unspecified atom stereocenters. The molecule has 0 aliphatic rings. The summed E-state index contributed by atoms with van der Waals surface area (Å²) in [5.74, 6) is 1.44. The number of rotatable bonds is 6. The normalized spacial score (nSPS) is 10.9. The Bertz CT molecular complexity index is 502. The van der Waals surface area contributed by atoms with Crippen molar-refractivity contribution in [3.8, 4) is 17.0 Å². The van der Waals surface area contributed by atoms with Gasteiger partial charge in [0.25, 0.3) is 0 Å². The average molecular weight is 259 g/mol. The topological polar surface area (TPSA) is 53.1 Å². The van der Waals surface area contributed by atoms with Crippen LogP contribution in [0, 0.1) is 5.92 Å². The summed E-state index contributed by atoms with van der Waals surface area (Å²) in [6.07, 6.45) is 3.82. The third-order valence-corrected chi connectivity index (χ3v) is 2.75. The molecule has 1 heterocycles. The van der Waals surface area contributed by atoms with Gasteiger partial charge in [0.2, 0.25) is 0 Å². The molecule has 2 aromatic rings. The lowest BCUT2D eigenvalue weighted by Gasteiger charge is -2.08. The van der Waals surface area contributed by atoms with E-state index in [1.165, 1.54) is 0 Å². The molecule has 0 bridgehead atoms. The molecule has 0 radical (unpaired) electrons. The summed E-state index contributed by atoms with van der Waals surface area (Å²) < 4.78 is 7.66. The molecular formula is C15H21N3O. The minimum atomic E-state index is 0.534. The summed E-state index contributed by atoms with van der Waals surface area (Å²) in [6, 6.07) is 8.04. The van der Waals surface area contributed by atoms with Crippen LogP contribution in [0.1, 0.15) is 13.8 Å². The maximum absolute atomic E-state index is 5.66. The summed E-state index contributed by atoms with van der Waals surface area (Å²) in [5, 5.41) is 0. The zero-order valence-corrected chi connectivity index (χ0v) is 11.5. The van der Waals surface area contributed by atoms with Gasteiger partial charge >= 0.3 is 0 Å². The van der Waals surface area contributed by atoms with Crippen molar-refractivity contribution in [2.24, 2.45) is 11.7 Å². The number of hydrogen-bond donors (Lipinski definition) is 1. The summed E-state index contributed by atoms with van der Waals surface area (Å²) in [7, 11) is 0. The standard InChI is InChI=1S/C15H21N3O/c1-12(2)10-19-14-5-3-13(4-6-14)15-9-18(8-7-16)11-17-15/h3-6,9,11-12H,7-8,10,16H2,1-2H3. The van der Waals surface area contributed by atoms with Crippen molar-refractivity contribution in [1.82, 2.24) is 9.55 Å². The largest absolute Gasteiger partial charge is 0.493 e. The molecule has 0 aliphatic carbocycles. The van der Waals surface area contributed by atoms with E-state index in [1.54, 1.807) is 0 Å². The molecular weight excluding hydrogens is 238 g/mol. The Morgan fingerprint density at radius 2 is 2.00 bits per heavy atom. The Morgan fingerprint density at radius 1 is 1.26 bits per heavy atom. The van der Waals surface area contributed by atoms with Crippen molar-refractivity contribution in [1.29, 1.82) is 0 Å². The molecule has 4 heteroatoms. The van der Waals surface area contributed by atoms with Crippen LogP contribution in [0.25, 0.3) is 11.3 Å². The first-order valence-corrected chi connectivity index (χ1v) is 6.64. The Balaban J connectivity index is 2.04. The maximum Gasteiger partial charge on any atom is 0.119 e. The summed E-state index contributed by atoms with van der Waals surface area (Å²) >= 11 is 0. The second-order valence-corrected chi connectivity index (χ2v) is 5.01. The summed E-state index contributed by atoms with van der Waals surface area (Å²) in [6.45, 7) is 6.43. The van der Waals surface area contributed by atoms with Gasteiger partial charge in [-0.3, -0.25) is 0 Å². The Labute approximate surface area is 114 Å². The lowest BCUT2D eigenvalue weighted by molar-refractivity contribution is 0.271. The number of benzene rings is 1. The van der Waals surface area contributed by atoms with Gasteiger partial charge in [0, 0.05) is 24.8 Å². The Kier molecular flexibility index (Phi) is 4.58. The minimum Gasteiger partial charge on any atom is -0.493 e. The third kappa shape index (κ3) is 3.83. The second-order valence-electron chi connectivity index (χ2n) is 5.01. The van der Waals surface area contributed by atoms with Crippen LogP contribution in [0.15, 0.2) is 36.8 Å². The first kappa shape index (κ1) is 13.6. The highest BCUT2D eigenvalue weighted by Gasteiger charge is 2.03. The Morgan fingerprint density at radius 3 is 2.63 bits per heavy atom. The molecule has 0 aliphatic heterocycles. The van der Waals surface area contributed by atoms with Crippen molar-refractivity contribution >= 4 is 0 Å². The molecule has 0 saturated carbocycles. The van der Waals surface area contributed by atoms with Crippen molar-refractivity contribution in [3.05, 3.63) is 36.8 Å². The number of ether oxygens (including phenoxy) is 1. The SMILES string of the molecule is CC(C)COc1ccc(-c2cn(CCN)cn2)cc1. The zero-order valence-electron chi connectivity index (χ0n) is 11.5. The van der Waals surface area contributed by atoms with E-state index in [2.05, 4.69) is 18.8 Å². The first-order valence-electron chi connectivity index (χ1n) is 6.64. The fourth-order valence-electron chi connectivity index (χ4n) is 1.77. The molecule has 0 spiro atoms. The zero-order chi connectivity index (χ0) is 13.7. The van der Waals surface area contributed by atoms with Crippen LogP contribution in [0.5, 0.6) is 5.75 Å². The van der Waals surface area contributed by atoms with E-state index in [9.17, 15) is 0 Å². The van der Waals surface area contributed by atoms with E-state index >= 15 is 0 Å². The maximum atomic E-state index is 5.66. The fraction of sp³-hybridized carbons (Fsp3) is 0.400. The van der Waals surface area contributed by atoms with E-state index in [0.29, 0.717) is 12.5 Å². The minimum absolute atomic E-state index is 0.534. The van der Waals surface area contributed by atoms with Crippen LogP contribution in [0.4, 0.5) is 0 Å².